The third-order valence-corrected chi connectivity index (χ3v) is 4.31. The van der Waals surface area contributed by atoms with Crippen molar-refractivity contribution in [3.63, 3.8) is 0 Å². The number of hydrogen-bond acceptors (Lipinski definition) is 5. The Morgan fingerprint density at radius 3 is 2.84 bits per heavy atom. The molecule has 2 amide bonds. The highest BCUT2D eigenvalue weighted by Gasteiger charge is 2.38. The van der Waals surface area contributed by atoms with Crippen molar-refractivity contribution in [3.05, 3.63) is 22.4 Å². The summed E-state index contributed by atoms with van der Waals surface area (Å²) in [7, 11) is 0. The highest BCUT2D eigenvalue weighted by molar-refractivity contribution is 7.10. The Balaban J connectivity index is 2.33. The molecular formula is C13H19N3O2S. The van der Waals surface area contributed by atoms with Gasteiger partial charge in [-0.1, -0.05) is 13.0 Å². The van der Waals surface area contributed by atoms with E-state index in [1.165, 1.54) is 0 Å². The molecule has 0 spiro atoms. The summed E-state index contributed by atoms with van der Waals surface area (Å²) in [6, 6.07) is 3.42. The minimum Gasteiger partial charge on any atom is -0.326 e. The molecule has 1 aromatic heterocycles. The van der Waals surface area contributed by atoms with Crippen LogP contribution in [0.25, 0.3) is 0 Å². The van der Waals surface area contributed by atoms with E-state index in [4.69, 9.17) is 5.73 Å². The SMILES string of the molecule is CCC1C(=O)NC(=O)CN1C(c1cccs1)C(C)N. The summed E-state index contributed by atoms with van der Waals surface area (Å²) in [5.74, 6) is -0.474. The zero-order chi connectivity index (χ0) is 14.0. The lowest BCUT2D eigenvalue weighted by atomic mass is 10.0. The molecule has 0 radical (unpaired) electrons. The van der Waals surface area contributed by atoms with Gasteiger partial charge in [0.1, 0.15) is 0 Å². The van der Waals surface area contributed by atoms with Crippen molar-refractivity contribution < 1.29 is 9.59 Å². The molecular weight excluding hydrogens is 262 g/mol. The predicted molar refractivity (Wildman–Crippen MR) is 74.6 cm³/mol. The van der Waals surface area contributed by atoms with Crippen molar-refractivity contribution in [1.82, 2.24) is 10.2 Å². The summed E-state index contributed by atoms with van der Waals surface area (Å²) in [6.45, 7) is 4.07. The number of thiophene rings is 1. The number of nitrogens with zero attached hydrogens (tertiary/aromatic N) is 1. The van der Waals surface area contributed by atoms with Crippen LogP contribution in [0.1, 0.15) is 31.2 Å². The van der Waals surface area contributed by atoms with E-state index in [0.29, 0.717) is 6.42 Å². The number of carbonyl (C=O) groups is 2. The van der Waals surface area contributed by atoms with E-state index in [0.717, 1.165) is 4.88 Å². The minimum absolute atomic E-state index is 0.0973. The average Bonchev–Trinajstić information content (AvgIpc) is 2.81. The molecule has 0 aliphatic carbocycles. The number of nitrogens with one attached hydrogen (secondary N) is 1. The largest absolute Gasteiger partial charge is 0.326 e. The highest BCUT2D eigenvalue weighted by atomic mass is 32.1. The molecule has 19 heavy (non-hydrogen) atoms. The molecule has 1 aliphatic heterocycles. The topological polar surface area (TPSA) is 75.4 Å². The lowest BCUT2D eigenvalue weighted by Gasteiger charge is -2.40. The maximum absolute atomic E-state index is 11.9. The number of nitrogens with two attached hydrogens (primary N) is 1. The van der Waals surface area contributed by atoms with Gasteiger partial charge in [0.25, 0.3) is 0 Å². The van der Waals surface area contributed by atoms with Crippen molar-refractivity contribution >= 4 is 23.2 Å². The number of amides is 2. The van der Waals surface area contributed by atoms with Crippen LogP contribution < -0.4 is 11.1 Å². The molecule has 0 aromatic carbocycles. The minimum atomic E-state index is -0.296. The van der Waals surface area contributed by atoms with Gasteiger partial charge in [0.15, 0.2) is 0 Å². The fraction of sp³-hybridized carbons (Fsp3) is 0.538. The second-order valence-electron chi connectivity index (χ2n) is 4.83. The first kappa shape index (κ1) is 14.2. The maximum atomic E-state index is 11.9. The van der Waals surface area contributed by atoms with Gasteiger partial charge >= 0.3 is 0 Å². The van der Waals surface area contributed by atoms with Crippen molar-refractivity contribution in [3.8, 4) is 0 Å². The van der Waals surface area contributed by atoms with E-state index in [1.54, 1.807) is 11.3 Å². The summed E-state index contributed by atoms with van der Waals surface area (Å²) in [5, 5.41) is 4.38. The van der Waals surface area contributed by atoms with Gasteiger partial charge in [0, 0.05) is 10.9 Å². The molecule has 3 N–H and O–H groups in total. The van der Waals surface area contributed by atoms with Gasteiger partial charge in [0.05, 0.1) is 18.6 Å². The van der Waals surface area contributed by atoms with Crippen LogP contribution in [0.2, 0.25) is 0 Å². The Labute approximate surface area is 116 Å². The van der Waals surface area contributed by atoms with Crippen LogP contribution in [0, 0.1) is 0 Å². The van der Waals surface area contributed by atoms with Gasteiger partial charge in [-0.25, -0.2) is 0 Å². The average molecular weight is 281 g/mol. The van der Waals surface area contributed by atoms with Crippen LogP contribution in [0.4, 0.5) is 0 Å². The van der Waals surface area contributed by atoms with E-state index < -0.39 is 0 Å². The fourth-order valence-corrected chi connectivity index (χ4v) is 3.54. The van der Waals surface area contributed by atoms with Gasteiger partial charge in [-0.3, -0.25) is 19.8 Å². The van der Waals surface area contributed by atoms with Crippen molar-refractivity contribution in [1.29, 1.82) is 0 Å². The maximum Gasteiger partial charge on any atom is 0.243 e. The third-order valence-electron chi connectivity index (χ3n) is 3.37. The van der Waals surface area contributed by atoms with Crippen molar-refractivity contribution in [2.24, 2.45) is 5.73 Å². The van der Waals surface area contributed by atoms with E-state index in [2.05, 4.69) is 5.32 Å². The molecule has 3 unspecified atom stereocenters. The Hall–Kier alpha value is -1.24. The number of imide groups is 1. The Morgan fingerprint density at radius 2 is 2.32 bits per heavy atom. The smallest absolute Gasteiger partial charge is 0.243 e. The molecule has 0 bridgehead atoms. The number of piperazine rings is 1. The first-order valence-corrected chi connectivity index (χ1v) is 7.31. The van der Waals surface area contributed by atoms with E-state index in [-0.39, 0.29) is 36.5 Å². The second kappa shape index (κ2) is 5.81. The number of rotatable bonds is 4. The third kappa shape index (κ3) is 2.86. The Bertz CT molecular complexity index is 458. The zero-order valence-corrected chi connectivity index (χ0v) is 11.9. The summed E-state index contributed by atoms with van der Waals surface area (Å²) < 4.78 is 0. The standard InChI is InChI=1S/C13H19N3O2S/c1-3-9-13(18)15-11(17)7-16(9)12(8(2)14)10-5-4-6-19-10/h4-6,8-9,12H,3,7,14H2,1-2H3,(H,15,17,18). The Kier molecular flexibility index (Phi) is 4.34. The number of carbonyl (C=O) groups excluding carboxylic acids is 2. The summed E-state index contributed by atoms with van der Waals surface area (Å²) >= 11 is 1.60. The van der Waals surface area contributed by atoms with Gasteiger partial charge in [-0.05, 0) is 24.8 Å². The van der Waals surface area contributed by atoms with Crippen molar-refractivity contribution in [2.75, 3.05) is 6.54 Å². The fourth-order valence-electron chi connectivity index (χ4n) is 2.58. The molecule has 0 saturated carbocycles. The molecule has 1 aliphatic rings. The molecule has 2 heterocycles. The van der Waals surface area contributed by atoms with Crippen molar-refractivity contribution in [2.45, 2.75) is 38.4 Å². The van der Waals surface area contributed by atoms with Crippen LogP contribution in [0.15, 0.2) is 17.5 Å². The lowest BCUT2D eigenvalue weighted by Crippen LogP contribution is -2.60. The van der Waals surface area contributed by atoms with Crippen LogP contribution in [-0.2, 0) is 9.59 Å². The van der Waals surface area contributed by atoms with Crippen LogP contribution in [-0.4, -0.2) is 35.3 Å². The summed E-state index contributed by atoms with van der Waals surface area (Å²) in [5.41, 5.74) is 6.09. The molecule has 6 heteroatoms. The van der Waals surface area contributed by atoms with Crippen LogP contribution in [0.3, 0.4) is 0 Å². The predicted octanol–water partition coefficient (Wildman–Crippen LogP) is 0.873. The second-order valence-corrected chi connectivity index (χ2v) is 5.81. The van der Waals surface area contributed by atoms with Crippen LogP contribution >= 0.6 is 11.3 Å². The van der Waals surface area contributed by atoms with E-state index in [9.17, 15) is 9.59 Å². The molecule has 1 saturated heterocycles. The normalized spacial score (nSPS) is 24.1. The zero-order valence-electron chi connectivity index (χ0n) is 11.1. The quantitative estimate of drug-likeness (QED) is 0.803. The molecule has 5 nitrogen and oxygen atoms in total. The van der Waals surface area contributed by atoms with Gasteiger partial charge in [-0.15, -0.1) is 11.3 Å². The first-order chi connectivity index (χ1) is 9.04. The van der Waals surface area contributed by atoms with Gasteiger partial charge in [0.2, 0.25) is 11.8 Å². The number of hydrogen-bond donors (Lipinski definition) is 2. The monoisotopic (exact) mass is 281 g/mol. The molecule has 1 aromatic rings. The van der Waals surface area contributed by atoms with Gasteiger partial charge < -0.3 is 5.73 Å². The molecule has 104 valence electrons. The Morgan fingerprint density at radius 1 is 1.58 bits per heavy atom. The van der Waals surface area contributed by atoms with Crippen LogP contribution in [0.5, 0.6) is 0 Å². The summed E-state index contributed by atoms with van der Waals surface area (Å²) in [4.78, 5) is 26.6. The first-order valence-electron chi connectivity index (χ1n) is 6.43. The van der Waals surface area contributed by atoms with Gasteiger partial charge in [-0.2, -0.15) is 0 Å². The summed E-state index contributed by atoms with van der Waals surface area (Å²) in [6.07, 6.45) is 0.660. The van der Waals surface area contributed by atoms with E-state index >= 15 is 0 Å². The molecule has 2 rings (SSSR count). The lowest BCUT2D eigenvalue weighted by molar-refractivity contribution is -0.142. The van der Waals surface area contributed by atoms with E-state index in [1.807, 2.05) is 36.3 Å². The highest BCUT2D eigenvalue weighted by Crippen LogP contribution is 2.30. The molecule has 1 fully saturated rings. The molecule has 3 atom stereocenters.